The molecular weight excluding hydrogens is 482 g/mol. The second kappa shape index (κ2) is 10.1. The Labute approximate surface area is 185 Å². The molecule has 0 spiro atoms. The second-order valence-electron chi connectivity index (χ2n) is 6.61. The lowest BCUT2D eigenvalue weighted by atomic mass is 10.2. The van der Waals surface area contributed by atoms with Crippen LogP contribution in [0.5, 0.6) is 0 Å². The van der Waals surface area contributed by atoms with E-state index in [9.17, 15) is 31.1 Å². The van der Waals surface area contributed by atoms with Crippen LogP contribution in [0.1, 0.15) is 18.2 Å². The highest BCUT2D eigenvalue weighted by Crippen LogP contribution is 2.27. The number of nitrogens with one attached hydrogen (secondary N) is 3. The molecule has 16 heteroatoms. The number of pyridine rings is 1. The number of fused-ring (bicyclic) bond motifs is 1. The zero-order chi connectivity index (χ0) is 25.0. The van der Waals surface area contributed by atoms with E-state index in [1.54, 1.807) is 4.57 Å². The van der Waals surface area contributed by atoms with Gasteiger partial charge in [-0.3, -0.25) is 19.3 Å². The lowest BCUT2D eigenvalue weighted by Crippen LogP contribution is -2.31. The van der Waals surface area contributed by atoms with Crippen LogP contribution >= 0.6 is 12.2 Å². The van der Waals surface area contributed by atoms with Crippen molar-refractivity contribution in [3.05, 3.63) is 51.0 Å². The van der Waals surface area contributed by atoms with Crippen molar-refractivity contribution in [3.8, 4) is 0 Å². The van der Waals surface area contributed by atoms with Crippen LogP contribution in [0.3, 0.4) is 0 Å². The molecule has 0 radical (unpaired) electrons. The Morgan fingerprint density at radius 2 is 1.88 bits per heavy atom. The number of aromatic amines is 2. The van der Waals surface area contributed by atoms with Crippen LogP contribution in [0.2, 0.25) is 0 Å². The number of carboxylic acid groups (broad SMARTS) is 1. The molecule has 4 N–H and O–H groups in total. The summed E-state index contributed by atoms with van der Waals surface area (Å²) in [4.78, 5) is 33.6. The lowest BCUT2D eigenvalue weighted by Gasteiger charge is -2.16. The molecule has 0 bridgehead atoms. The van der Waals surface area contributed by atoms with Gasteiger partial charge in [-0.15, -0.1) is 0 Å². The quantitative estimate of drug-likeness (QED) is 0.315. The highest BCUT2D eigenvalue weighted by Gasteiger charge is 2.38. The van der Waals surface area contributed by atoms with Gasteiger partial charge in [-0.2, -0.15) is 26.3 Å². The van der Waals surface area contributed by atoms with Gasteiger partial charge in [0.1, 0.15) is 11.2 Å². The third kappa shape index (κ3) is 7.11. The van der Waals surface area contributed by atoms with E-state index in [0.717, 1.165) is 6.07 Å². The summed E-state index contributed by atoms with van der Waals surface area (Å²) in [5.41, 5.74) is 0.145. The first-order chi connectivity index (χ1) is 15.2. The number of halogens is 6. The normalized spacial score (nSPS) is 12.8. The van der Waals surface area contributed by atoms with E-state index >= 15 is 0 Å². The number of hydrogen-bond donors (Lipinski definition) is 4. The fourth-order valence-electron chi connectivity index (χ4n) is 2.48. The average Bonchev–Trinajstić information content (AvgIpc) is 3.19. The molecule has 3 heterocycles. The fraction of sp³-hybridized carbons (Fsp3) is 0.353. The number of aromatic nitrogens is 5. The summed E-state index contributed by atoms with van der Waals surface area (Å²) in [5, 5.41) is 10.3. The molecule has 1 unspecified atom stereocenters. The number of alkyl halides is 6. The van der Waals surface area contributed by atoms with Crippen LogP contribution in [-0.2, 0) is 24.1 Å². The molecule has 0 aliphatic heterocycles. The summed E-state index contributed by atoms with van der Waals surface area (Å²) in [5.74, 6) is -2.76. The summed E-state index contributed by atoms with van der Waals surface area (Å²) < 4.78 is 71.2. The van der Waals surface area contributed by atoms with Crippen LogP contribution in [0.15, 0.2) is 29.5 Å². The highest BCUT2D eigenvalue weighted by molar-refractivity contribution is 7.71. The topological polar surface area (TPSA) is 129 Å². The number of carboxylic acids is 1. The molecule has 0 aliphatic rings. The van der Waals surface area contributed by atoms with Crippen molar-refractivity contribution in [1.29, 1.82) is 0 Å². The van der Waals surface area contributed by atoms with Gasteiger partial charge < -0.3 is 15.4 Å². The average molecular weight is 498 g/mol. The van der Waals surface area contributed by atoms with Gasteiger partial charge in [-0.25, -0.2) is 9.78 Å². The van der Waals surface area contributed by atoms with Crippen molar-refractivity contribution < 1.29 is 36.2 Å². The van der Waals surface area contributed by atoms with Crippen LogP contribution < -0.4 is 10.9 Å². The van der Waals surface area contributed by atoms with Gasteiger partial charge in [0.2, 0.25) is 0 Å². The Morgan fingerprint density at radius 1 is 1.24 bits per heavy atom. The third-order valence-electron chi connectivity index (χ3n) is 4.04. The molecule has 0 saturated heterocycles. The van der Waals surface area contributed by atoms with Crippen molar-refractivity contribution in [1.82, 2.24) is 29.8 Å². The largest absolute Gasteiger partial charge is 0.490 e. The first kappa shape index (κ1) is 26.0. The second-order valence-corrected chi connectivity index (χ2v) is 6.99. The van der Waals surface area contributed by atoms with Gasteiger partial charge in [0.25, 0.3) is 5.56 Å². The standard InChI is InChI=1S/C15H15F3N6OS.C2HF3O2/c1-8(19-4-9-2-3-10(20-5-9)15(16,17)18)6-24-12-11(21-7-22-12)13(25)23-14(24)26;3-2(4,5)1(6)7/h2-3,5,7-8,19H,4,6H2,1H3,(H,21,22)(H,23,25,26);(H,6,7). The van der Waals surface area contributed by atoms with Crippen molar-refractivity contribution >= 4 is 29.4 Å². The maximum absolute atomic E-state index is 12.5. The van der Waals surface area contributed by atoms with Gasteiger partial charge in [0, 0.05) is 25.3 Å². The predicted octanol–water partition coefficient (Wildman–Crippen LogP) is 3.01. The maximum Gasteiger partial charge on any atom is 0.490 e. The molecule has 3 aromatic heterocycles. The monoisotopic (exact) mass is 498 g/mol. The SMILES string of the molecule is CC(Cn1c(=S)[nH]c(=O)c2[nH]cnc21)NCc1ccc(C(F)(F)F)nc1.O=C(O)C(F)(F)F. The van der Waals surface area contributed by atoms with E-state index in [2.05, 4.69) is 25.3 Å². The molecule has 3 rings (SSSR count). The molecular formula is C17H16F6N6O3S. The van der Waals surface area contributed by atoms with E-state index in [4.69, 9.17) is 22.1 Å². The Kier molecular flexibility index (Phi) is 7.97. The fourth-order valence-corrected chi connectivity index (χ4v) is 2.73. The van der Waals surface area contributed by atoms with Crippen molar-refractivity contribution in [2.24, 2.45) is 0 Å². The van der Waals surface area contributed by atoms with E-state index < -0.39 is 24.0 Å². The zero-order valence-corrected chi connectivity index (χ0v) is 17.4. The maximum atomic E-state index is 12.5. The van der Waals surface area contributed by atoms with E-state index in [1.165, 1.54) is 18.6 Å². The summed E-state index contributed by atoms with van der Waals surface area (Å²) in [6.07, 6.45) is -6.92. The summed E-state index contributed by atoms with van der Waals surface area (Å²) >= 11 is 5.19. The Morgan fingerprint density at radius 3 is 2.39 bits per heavy atom. The third-order valence-corrected chi connectivity index (χ3v) is 4.36. The minimum absolute atomic E-state index is 0.0882. The lowest BCUT2D eigenvalue weighted by molar-refractivity contribution is -0.192. The van der Waals surface area contributed by atoms with E-state index in [-0.39, 0.29) is 16.4 Å². The first-order valence-electron chi connectivity index (χ1n) is 8.92. The van der Waals surface area contributed by atoms with E-state index in [0.29, 0.717) is 29.8 Å². The van der Waals surface area contributed by atoms with Gasteiger partial charge in [0.05, 0.1) is 6.33 Å². The molecule has 3 aromatic rings. The molecule has 0 amide bonds. The van der Waals surface area contributed by atoms with Crippen molar-refractivity contribution in [2.45, 2.75) is 38.4 Å². The number of imidazole rings is 1. The summed E-state index contributed by atoms with van der Waals surface area (Å²) in [7, 11) is 0. The van der Waals surface area contributed by atoms with Gasteiger partial charge in [-0.1, -0.05) is 6.07 Å². The highest BCUT2D eigenvalue weighted by atomic mass is 32.1. The van der Waals surface area contributed by atoms with Crippen molar-refractivity contribution in [2.75, 3.05) is 0 Å². The van der Waals surface area contributed by atoms with Crippen LogP contribution in [0.25, 0.3) is 11.2 Å². The van der Waals surface area contributed by atoms with Gasteiger partial charge in [-0.05, 0) is 30.8 Å². The molecule has 0 aromatic carbocycles. The molecule has 1 atom stereocenters. The molecule has 9 nitrogen and oxygen atoms in total. The molecule has 0 fully saturated rings. The Balaban J connectivity index is 0.000000479. The summed E-state index contributed by atoms with van der Waals surface area (Å²) in [6.45, 7) is 2.65. The summed E-state index contributed by atoms with van der Waals surface area (Å²) in [6, 6.07) is 2.25. The number of rotatable bonds is 5. The van der Waals surface area contributed by atoms with Gasteiger partial charge >= 0.3 is 18.3 Å². The van der Waals surface area contributed by atoms with E-state index in [1.807, 2.05) is 6.92 Å². The van der Waals surface area contributed by atoms with Gasteiger partial charge in [0.15, 0.2) is 10.4 Å². The minimum Gasteiger partial charge on any atom is -0.475 e. The van der Waals surface area contributed by atoms with Crippen LogP contribution in [0, 0.1) is 4.77 Å². The number of carbonyl (C=O) groups is 1. The zero-order valence-electron chi connectivity index (χ0n) is 16.6. The Bertz CT molecular complexity index is 1220. The number of nitrogens with zero attached hydrogens (tertiary/aromatic N) is 3. The molecule has 33 heavy (non-hydrogen) atoms. The molecule has 0 aliphatic carbocycles. The number of H-pyrrole nitrogens is 2. The minimum atomic E-state index is -5.08. The van der Waals surface area contributed by atoms with Crippen LogP contribution in [0.4, 0.5) is 26.3 Å². The molecule has 0 saturated carbocycles. The number of aliphatic carboxylic acids is 1. The Hall–Kier alpha value is -3.27. The van der Waals surface area contributed by atoms with Crippen LogP contribution in [-0.4, -0.2) is 47.8 Å². The first-order valence-corrected chi connectivity index (χ1v) is 9.32. The molecule has 180 valence electrons. The smallest absolute Gasteiger partial charge is 0.475 e. The predicted molar refractivity (Wildman–Crippen MR) is 105 cm³/mol. The number of hydrogen-bond acceptors (Lipinski definition) is 6. The van der Waals surface area contributed by atoms with Crippen molar-refractivity contribution in [3.63, 3.8) is 0 Å².